The number of rotatable bonds is 1. The fourth-order valence-electron chi connectivity index (χ4n) is 1.27. The second kappa shape index (κ2) is 3.82. The number of carbonyl (C=O) groups excluding carboxylic acids is 1. The van der Waals surface area contributed by atoms with Gasteiger partial charge in [0.2, 0.25) is 0 Å². The molecule has 5 heteroatoms. The highest BCUT2D eigenvalue weighted by atomic mass is 35.5. The molecule has 2 aromatic heterocycles. The normalized spacial score (nSPS) is 10.3. The Labute approximate surface area is 91.3 Å². The highest BCUT2D eigenvalue weighted by molar-refractivity contribution is 6.35. The lowest BCUT2D eigenvalue weighted by atomic mass is 10.2. The predicted octanol–water partition coefficient (Wildman–Crippen LogP) is 1.64. The van der Waals surface area contributed by atoms with Crippen LogP contribution in [-0.2, 0) is 0 Å². The van der Waals surface area contributed by atoms with E-state index in [1.807, 2.05) is 0 Å². The summed E-state index contributed by atoms with van der Waals surface area (Å²) in [6.07, 6.45) is 3.14. The fraction of sp³-hybridized carbons (Fsp3) is 0.100. The minimum Gasteiger partial charge on any atom is -0.354 e. The molecular formula is C10H8ClN3O. The minimum absolute atomic E-state index is 0.239. The van der Waals surface area contributed by atoms with Crippen LogP contribution in [0.2, 0.25) is 5.02 Å². The van der Waals surface area contributed by atoms with E-state index in [1.54, 1.807) is 25.4 Å². The van der Waals surface area contributed by atoms with E-state index in [0.717, 1.165) is 5.39 Å². The summed E-state index contributed by atoms with van der Waals surface area (Å²) in [5.74, 6) is -0.239. The van der Waals surface area contributed by atoms with Crippen LogP contribution >= 0.6 is 11.6 Å². The number of aromatic nitrogens is 2. The van der Waals surface area contributed by atoms with Gasteiger partial charge in [-0.25, -0.2) is 4.98 Å². The number of hydrogen-bond acceptors (Lipinski definition) is 3. The zero-order valence-electron chi connectivity index (χ0n) is 7.99. The summed E-state index contributed by atoms with van der Waals surface area (Å²) < 4.78 is 0. The summed E-state index contributed by atoms with van der Waals surface area (Å²) in [5, 5.41) is 3.79. The first-order chi connectivity index (χ1) is 7.22. The van der Waals surface area contributed by atoms with E-state index in [4.69, 9.17) is 11.6 Å². The Morgan fingerprint density at radius 2 is 2.27 bits per heavy atom. The molecule has 0 spiro atoms. The molecule has 0 bridgehead atoms. The van der Waals surface area contributed by atoms with Crippen molar-refractivity contribution >= 4 is 28.4 Å². The van der Waals surface area contributed by atoms with Gasteiger partial charge in [0.05, 0.1) is 16.7 Å². The van der Waals surface area contributed by atoms with Gasteiger partial charge in [0.25, 0.3) is 5.91 Å². The molecule has 76 valence electrons. The van der Waals surface area contributed by atoms with Gasteiger partial charge in [-0.2, -0.15) is 0 Å². The van der Waals surface area contributed by atoms with Crippen LogP contribution < -0.4 is 5.32 Å². The Hall–Kier alpha value is -1.68. The predicted molar refractivity (Wildman–Crippen MR) is 57.9 cm³/mol. The van der Waals surface area contributed by atoms with Crippen LogP contribution in [0, 0.1) is 0 Å². The molecule has 0 atom stereocenters. The van der Waals surface area contributed by atoms with Crippen molar-refractivity contribution in [2.24, 2.45) is 0 Å². The van der Waals surface area contributed by atoms with Crippen molar-refractivity contribution in [2.45, 2.75) is 0 Å². The molecular weight excluding hydrogens is 214 g/mol. The zero-order chi connectivity index (χ0) is 10.8. The maximum atomic E-state index is 11.3. The molecule has 15 heavy (non-hydrogen) atoms. The molecule has 0 aliphatic carbocycles. The first kappa shape index (κ1) is 9.86. The molecule has 0 unspecified atom stereocenters. The number of halogens is 1. The summed E-state index contributed by atoms with van der Waals surface area (Å²) in [7, 11) is 1.55. The second-order valence-corrected chi connectivity index (χ2v) is 3.37. The molecule has 2 heterocycles. The van der Waals surface area contributed by atoms with E-state index >= 15 is 0 Å². The quantitative estimate of drug-likeness (QED) is 0.797. The highest BCUT2D eigenvalue weighted by Gasteiger charge is 2.07. The molecule has 2 aromatic rings. The van der Waals surface area contributed by atoms with Gasteiger partial charge in [-0.15, -0.1) is 0 Å². The maximum Gasteiger partial charge on any atom is 0.269 e. The minimum atomic E-state index is -0.239. The van der Waals surface area contributed by atoms with Crippen molar-refractivity contribution in [1.82, 2.24) is 15.3 Å². The average Bonchev–Trinajstić information content (AvgIpc) is 2.28. The van der Waals surface area contributed by atoms with Gasteiger partial charge < -0.3 is 5.32 Å². The fourth-order valence-corrected chi connectivity index (χ4v) is 1.48. The van der Waals surface area contributed by atoms with E-state index < -0.39 is 0 Å². The number of amides is 1. The lowest BCUT2D eigenvalue weighted by Crippen LogP contribution is -2.19. The van der Waals surface area contributed by atoms with Crippen LogP contribution in [-0.4, -0.2) is 22.9 Å². The van der Waals surface area contributed by atoms with Crippen molar-refractivity contribution in [1.29, 1.82) is 0 Å². The molecule has 0 fully saturated rings. The van der Waals surface area contributed by atoms with E-state index in [2.05, 4.69) is 15.3 Å². The number of nitrogens with one attached hydrogen (secondary N) is 1. The van der Waals surface area contributed by atoms with Crippen molar-refractivity contribution in [3.63, 3.8) is 0 Å². The summed E-state index contributed by atoms with van der Waals surface area (Å²) in [5.41, 5.74) is 1.01. The number of nitrogens with zero attached hydrogens (tertiary/aromatic N) is 2. The van der Waals surface area contributed by atoms with Crippen LogP contribution in [0.15, 0.2) is 24.5 Å². The van der Waals surface area contributed by atoms with Crippen LogP contribution in [0.5, 0.6) is 0 Å². The van der Waals surface area contributed by atoms with E-state index in [9.17, 15) is 4.79 Å². The molecule has 0 saturated heterocycles. The van der Waals surface area contributed by atoms with Gasteiger partial charge in [-0.05, 0) is 12.1 Å². The first-order valence-corrected chi connectivity index (χ1v) is 4.72. The standard InChI is InChI=1S/C10H8ClN3O/c1-12-10(15)8-4-6-7(11)2-3-13-9(6)5-14-8/h2-5H,1H3,(H,12,15). The number of fused-ring (bicyclic) bond motifs is 1. The van der Waals surface area contributed by atoms with Gasteiger partial charge in [0, 0.05) is 18.6 Å². The molecule has 4 nitrogen and oxygen atoms in total. The van der Waals surface area contributed by atoms with Crippen LogP contribution in [0.25, 0.3) is 10.9 Å². The molecule has 1 amide bonds. The van der Waals surface area contributed by atoms with E-state index in [0.29, 0.717) is 16.2 Å². The zero-order valence-corrected chi connectivity index (χ0v) is 8.75. The van der Waals surface area contributed by atoms with Gasteiger partial charge in [-0.1, -0.05) is 11.6 Å². The molecule has 1 N–H and O–H groups in total. The third-order valence-electron chi connectivity index (χ3n) is 2.03. The topological polar surface area (TPSA) is 54.9 Å². The van der Waals surface area contributed by atoms with Crippen LogP contribution in [0.3, 0.4) is 0 Å². The Bertz CT molecular complexity index is 527. The molecule has 0 aromatic carbocycles. The Balaban J connectivity index is 2.64. The monoisotopic (exact) mass is 221 g/mol. The molecule has 0 saturated carbocycles. The van der Waals surface area contributed by atoms with Gasteiger partial charge in [-0.3, -0.25) is 9.78 Å². The van der Waals surface area contributed by atoms with Crippen molar-refractivity contribution in [3.05, 3.63) is 35.2 Å². The Morgan fingerprint density at radius 1 is 1.47 bits per heavy atom. The first-order valence-electron chi connectivity index (χ1n) is 4.34. The molecule has 0 aliphatic rings. The Kier molecular flexibility index (Phi) is 2.51. The second-order valence-electron chi connectivity index (χ2n) is 2.96. The lowest BCUT2D eigenvalue weighted by molar-refractivity contribution is 0.0958. The van der Waals surface area contributed by atoms with Gasteiger partial charge >= 0.3 is 0 Å². The van der Waals surface area contributed by atoms with Crippen molar-refractivity contribution in [3.8, 4) is 0 Å². The van der Waals surface area contributed by atoms with Gasteiger partial charge in [0.15, 0.2) is 0 Å². The summed E-state index contributed by atoms with van der Waals surface area (Å²) >= 11 is 5.98. The SMILES string of the molecule is CNC(=O)c1cc2c(Cl)ccnc2cn1. The summed E-state index contributed by atoms with van der Waals surface area (Å²) in [6.45, 7) is 0. The van der Waals surface area contributed by atoms with Crippen LogP contribution in [0.1, 0.15) is 10.5 Å². The molecule has 0 radical (unpaired) electrons. The largest absolute Gasteiger partial charge is 0.354 e. The third-order valence-corrected chi connectivity index (χ3v) is 2.36. The van der Waals surface area contributed by atoms with Gasteiger partial charge in [0.1, 0.15) is 5.69 Å². The van der Waals surface area contributed by atoms with Crippen molar-refractivity contribution < 1.29 is 4.79 Å². The van der Waals surface area contributed by atoms with E-state index in [1.165, 1.54) is 6.20 Å². The number of carbonyl (C=O) groups is 1. The number of hydrogen-bond donors (Lipinski definition) is 1. The average molecular weight is 222 g/mol. The Morgan fingerprint density at radius 3 is 3.00 bits per heavy atom. The lowest BCUT2D eigenvalue weighted by Gasteiger charge is -2.02. The van der Waals surface area contributed by atoms with Crippen LogP contribution in [0.4, 0.5) is 0 Å². The number of pyridine rings is 2. The highest BCUT2D eigenvalue weighted by Crippen LogP contribution is 2.20. The summed E-state index contributed by atoms with van der Waals surface area (Å²) in [6, 6.07) is 3.31. The smallest absolute Gasteiger partial charge is 0.269 e. The van der Waals surface area contributed by atoms with E-state index in [-0.39, 0.29) is 5.91 Å². The summed E-state index contributed by atoms with van der Waals surface area (Å²) in [4.78, 5) is 19.4. The third kappa shape index (κ3) is 1.76. The van der Waals surface area contributed by atoms with Crippen molar-refractivity contribution in [2.75, 3.05) is 7.05 Å². The molecule has 2 rings (SSSR count). The maximum absolute atomic E-state index is 11.3. The molecule has 0 aliphatic heterocycles.